The number of thiophene rings is 1. The highest BCUT2D eigenvalue weighted by atomic mass is 32.1. The molecule has 28 heavy (non-hydrogen) atoms. The minimum absolute atomic E-state index is 0.123. The number of hydrogen-bond acceptors (Lipinski definition) is 4. The summed E-state index contributed by atoms with van der Waals surface area (Å²) in [6.45, 7) is 6.53. The van der Waals surface area contributed by atoms with Crippen LogP contribution in [0.5, 0.6) is 0 Å². The topological polar surface area (TPSA) is 59.6 Å². The minimum atomic E-state index is -0.207. The fourth-order valence-electron chi connectivity index (χ4n) is 4.06. The number of amides is 1. The van der Waals surface area contributed by atoms with E-state index in [-0.39, 0.29) is 11.9 Å². The van der Waals surface area contributed by atoms with Gasteiger partial charge in [-0.3, -0.25) is 9.78 Å². The van der Waals surface area contributed by atoms with Crippen LogP contribution in [-0.4, -0.2) is 24.0 Å². The average Bonchev–Trinajstić information content (AvgIpc) is 3.35. The largest absolute Gasteiger partial charge is 0.459 e. The van der Waals surface area contributed by atoms with Crippen molar-refractivity contribution >= 4 is 22.2 Å². The lowest BCUT2D eigenvalue weighted by Crippen LogP contribution is -3.13. The smallest absolute Gasteiger partial charge is 0.291 e. The molecular weight excluding hydrogens is 370 g/mol. The normalized spacial score (nSPS) is 16.1. The van der Waals surface area contributed by atoms with E-state index in [1.54, 1.807) is 23.5 Å². The number of pyridine rings is 1. The second-order valence-electron chi connectivity index (χ2n) is 7.36. The van der Waals surface area contributed by atoms with Crippen LogP contribution in [0.25, 0.3) is 0 Å². The van der Waals surface area contributed by atoms with Gasteiger partial charge in [-0.05, 0) is 62.9 Å². The third kappa shape index (κ3) is 3.75. The zero-order valence-corrected chi connectivity index (χ0v) is 17.1. The van der Waals surface area contributed by atoms with E-state index in [1.165, 1.54) is 46.4 Å². The van der Waals surface area contributed by atoms with Gasteiger partial charge in [-0.2, -0.15) is 0 Å². The van der Waals surface area contributed by atoms with E-state index in [2.05, 4.69) is 25.2 Å². The van der Waals surface area contributed by atoms with Gasteiger partial charge in [0.25, 0.3) is 5.91 Å². The molecule has 146 valence electrons. The second-order valence-corrected chi connectivity index (χ2v) is 8.59. The molecule has 2 N–H and O–H groups in total. The zero-order chi connectivity index (χ0) is 19.5. The number of carbonyl (C=O) groups is 1. The molecule has 1 saturated heterocycles. The number of aryl methyl sites for hydroxylation is 1. The summed E-state index contributed by atoms with van der Waals surface area (Å²) in [4.78, 5) is 20.1. The molecule has 0 aromatic carbocycles. The Labute approximate surface area is 169 Å². The average molecular weight is 397 g/mol. The second kappa shape index (κ2) is 8.29. The predicted molar refractivity (Wildman–Crippen MR) is 111 cm³/mol. The molecule has 1 atom stereocenters. The standard InChI is InChI=1S/C22H25N3O2S/c1-15-16(2)28-22(24-21(26)18-10-8-14-27-18)19(15)20(17-9-4-5-11-23-17)25-12-6-3-7-13-25/h4-5,8-11,14,20H,3,6-7,12-13H2,1-2H3,(H,24,26)/p+1/t20-/m1/s1. The van der Waals surface area contributed by atoms with E-state index in [0.717, 1.165) is 23.8 Å². The lowest BCUT2D eigenvalue weighted by molar-refractivity contribution is -0.930. The van der Waals surface area contributed by atoms with E-state index >= 15 is 0 Å². The first kappa shape index (κ1) is 18.9. The quantitative estimate of drug-likeness (QED) is 0.690. The van der Waals surface area contributed by atoms with Gasteiger partial charge in [0.1, 0.15) is 10.7 Å². The monoisotopic (exact) mass is 396 g/mol. The van der Waals surface area contributed by atoms with E-state index < -0.39 is 0 Å². The Morgan fingerprint density at radius 1 is 1.18 bits per heavy atom. The van der Waals surface area contributed by atoms with Crippen LogP contribution in [-0.2, 0) is 0 Å². The molecule has 0 radical (unpaired) electrons. The molecule has 0 unspecified atom stereocenters. The Morgan fingerprint density at radius 2 is 2.00 bits per heavy atom. The number of anilines is 1. The molecule has 0 bridgehead atoms. The summed E-state index contributed by atoms with van der Waals surface area (Å²) in [6.07, 6.45) is 7.14. The molecule has 1 aliphatic rings. The van der Waals surface area contributed by atoms with Crippen molar-refractivity contribution < 1.29 is 14.1 Å². The maximum Gasteiger partial charge on any atom is 0.291 e. The minimum Gasteiger partial charge on any atom is -0.459 e. The first-order chi connectivity index (χ1) is 13.6. The molecule has 0 aliphatic carbocycles. The van der Waals surface area contributed by atoms with Crippen molar-refractivity contribution in [1.82, 2.24) is 4.98 Å². The Bertz CT molecular complexity index is 928. The molecule has 1 fully saturated rings. The summed E-state index contributed by atoms with van der Waals surface area (Å²) >= 11 is 1.64. The molecule has 0 spiro atoms. The number of carbonyl (C=O) groups excluding carboxylic acids is 1. The van der Waals surface area contributed by atoms with Gasteiger partial charge in [-0.25, -0.2) is 0 Å². The highest BCUT2D eigenvalue weighted by Crippen LogP contribution is 2.38. The van der Waals surface area contributed by atoms with Crippen LogP contribution >= 0.6 is 11.3 Å². The van der Waals surface area contributed by atoms with Gasteiger partial charge in [0, 0.05) is 11.1 Å². The summed E-state index contributed by atoms with van der Waals surface area (Å²) in [6, 6.07) is 9.66. The molecule has 5 nitrogen and oxygen atoms in total. The maximum atomic E-state index is 12.7. The van der Waals surface area contributed by atoms with Crippen molar-refractivity contribution in [3.8, 4) is 0 Å². The zero-order valence-electron chi connectivity index (χ0n) is 16.3. The van der Waals surface area contributed by atoms with Crippen LogP contribution in [0.4, 0.5) is 5.00 Å². The molecule has 1 aliphatic heterocycles. The molecule has 4 rings (SSSR count). The Hall–Kier alpha value is -2.44. The maximum absolute atomic E-state index is 12.7. The van der Waals surface area contributed by atoms with E-state index in [9.17, 15) is 4.79 Å². The van der Waals surface area contributed by atoms with E-state index in [0.29, 0.717) is 5.76 Å². The van der Waals surface area contributed by atoms with Gasteiger partial charge in [-0.1, -0.05) is 6.07 Å². The summed E-state index contributed by atoms with van der Waals surface area (Å²) in [5.74, 6) is 0.121. The SMILES string of the molecule is Cc1sc(NC(=O)c2ccco2)c([C@@H](c2ccccn2)[NH+]2CCCCC2)c1C. The van der Waals surface area contributed by atoms with Gasteiger partial charge in [-0.15, -0.1) is 11.3 Å². The van der Waals surface area contributed by atoms with Crippen molar-refractivity contribution in [2.45, 2.75) is 39.2 Å². The van der Waals surface area contributed by atoms with Gasteiger partial charge in [0.15, 0.2) is 11.8 Å². The molecule has 0 saturated carbocycles. The highest BCUT2D eigenvalue weighted by Gasteiger charge is 2.34. The van der Waals surface area contributed by atoms with Gasteiger partial charge < -0.3 is 14.6 Å². The lowest BCUT2D eigenvalue weighted by atomic mass is 9.96. The number of furan rings is 1. The number of nitrogens with zero attached hydrogens (tertiary/aromatic N) is 1. The Balaban J connectivity index is 1.76. The van der Waals surface area contributed by atoms with Crippen LogP contribution in [0, 0.1) is 13.8 Å². The van der Waals surface area contributed by atoms with Crippen molar-refractivity contribution in [1.29, 1.82) is 0 Å². The number of nitrogens with one attached hydrogen (secondary N) is 2. The number of aromatic nitrogens is 1. The molecule has 4 heterocycles. The van der Waals surface area contributed by atoms with Crippen molar-refractivity contribution in [3.63, 3.8) is 0 Å². The Morgan fingerprint density at radius 3 is 2.68 bits per heavy atom. The summed E-state index contributed by atoms with van der Waals surface area (Å²) in [5.41, 5.74) is 3.50. The van der Waals surface area contributed by atoms with E-state index in [1.807, 2.05) is 18.3 Å². The van der Waals surface area contributed by atoms with Crippen molar-refractivity contribution in [2.24, 2.45) is 0 Å². The van der Waals surface area contributed by atoms with Crippen LogP contribution < -0.4 is 10.2 Å². The van der Waals surface area contributed by atoms with Gasteiger partial charge in [0.05, 0.1) is 24.9 Å². The number of likely N-dealkylation sites (tertiary alicyclic amines) is 1. The van der Waals surface area contributed by atoms with Crippen LogP contribution in [0.2, 0.25) is 0 Å². The van der Waals surface area contributed by atoms with Crippen LogP contribution in [0.3, 0.4) is 0 Å². The number of rotatable bonds is 5. The van der Waals surface area contributed by atoms with Crippen LogP contribution in [0.15, 0.2) is 47.2 Å². The summed E-state index contributed by atoms with van der Waals surface area (Å²) in [7, 11) is 0. The fraction of sp³-hybridized carbons (Fsp3) is 0.364. The molecule has 3 aromatic rings. The predicted octanol–water partition coefficient (Wildman–Crippen LogP) is 3.76. The third-order valence-electron chi connectivity index (χ3n) is 5.58. The van der Waals surface area contributed by atoms with Gasteiger partial charge in [0.2, 0.25) is 0 Å². The molecule has 1 amide bonds. The number of quaternary nitrogens is 1. The lowest BCUT2D eigenvalue weighted by Gasteiger charge is -2.32. The molecule has 3 aromatic heterocycles. The fourth-order valence-corrected chi connectivity index (χ4v) is 5.15. The van der Waals surface area contributed by atoms with Gasteiger partial charge >= 0.3 is 0 Å². The van der Waals surface area contributed by atoms with Crippen LogP contribution in [0.1, 0.15) is 57.6 Å². The summed E-state index contributed by atoms with van der Waals surface area (Å²) in [5, 5.41) is 4.02. The first-order valence-electron chi connectivity index (χ1n) is 9.85. The molecular formula is C22H26N3O2S+. The third-order valence-corrected chi connectivity index (χ3v) is 6.72. The highest BCUT2D eigenvalue weighted by molar-refractivity contribution is 7.16. The summed E-state index contributed by atoms with van der Waals surface area (Å²) < 4.78 is 5.28. The number of piperidine rings is 1. The number of hydrogen-bond donors (Lipinski definition) is 2. The van der Waals surface area contributed by atoms with E-state index in [4.69, 9.17) is 9.40 Å². The molecule has 6 heteroatoms. The van der Waals surface area contributed by atoms with Crippen molar-refractivity contribution in [3.05, 3.63) is 70.3 Å². The first-order valence-corrected chi connectivity index (χ1v) is 10.7. The Kier molecular flexibility index (Phi) is 5.59. The van der Waals surface area contributed by atoms with Crippen molar-refractivity contribution in [2.75, 3.05) is 18.4 Å².